The van der Waals surface area contributed by atoms with Crippen molar-refractivity contribution < 1.29 is 27.8 Å². The summed E-state index contributed by atoms with van der Waals surface area (Å²) >= 11 is 0. The van der Waals surface area contributed by atoms with Crippen molar-refractivity contribution in [3.8, 4) is 0 Å². The zero-order valence-corrected chi connectivity index (χ0v) is 14.3. The number of aromatic amines is 1. The fourth-order valence-corrected chi connectivity index (χ4v) is 2.90. The van der Waals surface area contributed by atoms with Gasteiger partial charge < -0.3 is 15.2 Å². The normalized spacial score (nSPS) is 15.7. The lowest BCUT2D eigenvalue weighted by Crippen LogP contribution is -2.17. The Hall–Kier alpha value is -2.46. The van der Waals surface area contributed by atoms with Crippen LogP contribution in [0.25, 0.3) is 0 Å². The summed E-state index contributed by atoms with van der Waals surface area (Å²) < 4.78 is 44.0. The molecule has 2 aromatic rings. The molecule has 0 aliphatic carbocycles. The second kappa shape index (κ2) is 8.05. The Labute approximate surface area is 152 Å². The van der Waals surface area contributed by atoms with E-state index in [9.17, 15) is 18.0 Å². The third-order valence-electron chi connectivity index (χ3n) is 4.25. The number of aliphatic hydroxyl groups is 1. The van der Waals surface area contributed by atoms with E-state index in [1.165, 1.54) is 6.07 Å². The number of benzene rings is 1. The maximum absolute atomic E-state index is 12.9. The fourth-order valence-electron chi connectivity index (χ4n) is 2.90. The molecular weight excluding hydrogens is 365 g/mol. The van der Waals surface area contributed by atoms with Crippen LogP contribution in [0, 0.1) is 0 Å². The van der Waals surface area contributed by atoms with E-state index in [2.05, 4.69) is 20.5 Å². The Kier molecular flexibility index (Phi) is 5.76. The number of ether oxygens (including phenoxy) is 1. The first kappa shape index (κ1) is 19.3. The van der Waals surface area contributed by atoms with Gasteiger partial charge in [0.25, 0.3) is 0 Å². The van der Waals surface area contributed by atoms with Gasteiger partial charge >= 0.3 is 6.18 Å². The monoisotopic (exact) mass is 384 g/mol. The molecule has 10 heteroatoms. The second-order valence-corrected chi connectivity index (χ2v) is 6.33. The summed E-state index contributed by atoms with van der Waals surface area (Å²) in [5.74, 6) is 0.585. The summed E-state index contributed by atoms with van der Waals surface area (Å²) in [5, 5.41) is 18.4. The first-order valence-corrected chi connectivity index (χ1v) is 8.46. The fraction of sp³-hybridized carbons (Fsp3) is 0.471. The Morgan fingerprint density at radius 1 is 1.30 bits per heavy atom. The number of amides is 1. The number of hydrogen-bond acceptors (Lipinski definition) is 5. The summed E-state index contributed by atoms with van der Waals surface area (Å²) in [6.07, 6.45) is -3.12. The van der Waals surface area contributed by atoms with Crippen LogP contribution in [0.1, 0.15) is 41.5 Å². The second-order valence-electron chi connectivity index (χ2n) is 6.33. The summed E-state index contributed by atoms with van der Waals surface area (Å²) in [6, 6.07) is 2.96. The van der Waals surface area contributed by atoms with Crippen LogP contribution in [0.3, 0.4) is 0 Å². The highest BCUT2D eigenvalue weighted by Crippen LogP contribution is 2.32. The Morgan fingerprint density at radius 2 is 2.04 bits per heavy atom. The number of H-pyrrole nitrogens is 1. The Balaban J connectivity index is 1.66. The molecule has 146 valence electrons. The zero-order valence-electron chi connectivity index (χ0n) is 14.3. The summed E-state index contributed by atoms with van der Waals surface area (Å²) in [4.78, 5) is 16.5. The summed E-state index contributed by atoms with van der Waals surface area (Å²) in [6.45, 7) is 0.707. The molecule has 0 radical (unpaired) electrons. The van der Waals surface area contributed by atoms with Gasteiger partial charge in [0, 0.05) is 24.8 Å². The van der Waals surface area contributed by atoms with E-state index in [0.29, 0.717) is 24.9 Å². The van der Waals surface area contributed by atoms with Gasteiger partial charge in [-0.3, -0.25) is 9.89 Å². The van der Waals surface area contributed by atoms with Gasteiger partial charge in [0.2, 0.25) is 5.91 Å². The summed E-state index contributed by atoms with van der Waals surface area (Å²) in [7, 11) is 0. The Morgan fingerprint density at radius 3 is 2.70 bits per heavy atom. The molecule has 1 fully saturated rings. The number of aliphatic hydroxyl groups excluding tert-OH is 1. The van der Waals surface area contributed by atoms with Crippen LogP contribution >= 0.6 is 0 Å². The van der Waals surface area contributed by atoms with Crippen molar-refractivity contribution in [1.29, 1.82) is 0 Å². The molecule has 0 atom stereocenters. The number of halogens is 3. The van der Waals surface area contributed by atoms with Crippen molar-refractivity contribution in [3.05, 3.63) is 41.0 Å². The Bertz CT molecular complexity index is 801. The van der Waals surface area contributed by atoms with E-state index in [1.807, 2.05) is 0 Å². The molecule has 2 heterocycles. The van der Waals surface area contributed by atoms with Gasteiger partial charge in [-0.15, -0.1) is 0 Å². The van der Waals surface area contributed by atoms with Crippen molar-refractivity contribution in [2.24, 2.45) is 0 Å². The largest absolute Gasteiger partial charge is 0.416 e. The molecule has 0 saturated carbocycles. The lowest BCUT2D eigenvalue weighted by atomic mass is 10.00. The molecule has 1 amide bonds. The van der Waals surface area contributed by atoms with Crippen molar-refractivity contribution in [2.45, 2.75) is 38.0 Å². The standard InChI is InChI=1S/C17H19F3N4O3/c18-17(19,20)12-5-10(9-25)6-13(7-12)21-15(26)8-14-22-16(24-23-14)11-1-3-27-4-2-11/h5-7,11,25H,1-4,8-9H2,(H,21,26)(H,22,23,24). The van der Waals surface area contributed by atoms with Crippen LogP contribution in [-0.2, 0) is 28.7 Å². The minimum absolute atomic E-state index is 0.0388. The third-order valence-corrected chi connectivity index (χ3v) is 4.25. The van der Waals surface area contributed by atoms with Crippen molar-refractivity contribution in [2.75, 3.05) is 18.5 Å². The van der Waals surface area contributed by atoms with E-state index < -0.39 is 24.3 Å². The minimum Gasteiger partial charge on any atom is -0.392 e. The molecular formula is C17H19F3N4O3. The smallest absolute Gasteiger partial charge is 0.392 e. The van der Waals surface area contributed by atoms with Crippen molar-refractivity contribution in [1.82, 2.24) is 15.2 Å². The maximum Gasteiger partial charge on any atom is 0.416 e. The maximum atomic E-state index is 12.9. The molecule has 0 spiro atoms. The molecule has 1 aromatic carbocycles. The van der Waals surface area contributed by atoms with Gasteiger partial charge in [0.15, 0.2) is 5.82 Å². The number of alkyl halides is 3. The third kappa shape index (κ3) is 5.04. The van der Waals surface area contributed by atoms with Gasteiger partial charge in [-0.1, -0.05) is 0 Å². The van der Waals surface area contributed by atoms with Crippen LogP contribution in [0.4, 0.5) is 18.9 Å². The molecule has 7 nitrogen and oxygen atoms in total. The van der Waals surface area contributed by atoms with Crippen LogP contribution in [0.2, 0.25) is 0 Å². The van der Waals surface area contributed by atoms with Gasteiger partial charge in [0.1, 0.15) is 5.82 Å². The molecule has 1 aromatic heterocycles. The van der Waals surface area contributed by atoms with Gasteiger partial charge in [-0.2, -0.15) is 18.3 Å². The summed E-state index contributed by atoms with van der Waals surface area (Å²) in [5.41, 5.74) is -0.921. The van der Waals surface area contributed by atoms with Crippen LogP contribution in [0.15, 0.2) is 18.2 Å². The first-order valence-electron chi connectivity index (χ1n) is 8.46. The number of hydrogen-bond donors (Lipinski definition) is 3. The lowest BCUT2D eigenvalue weighted by molar-refractivity contribution is -0.137. The molecule has 27 heavy (non-hydrogen) atoms. The highest BCUT2D eigenvalue weighted by Gasteiger charge is 2.31. The quantitative estimate of drug-likeness (QED) is 0.735. The number of rotatable bonds is 5. The van der Waals surface area contributed by atoms with Crippen molar-refractivity contribution >= 4 is 11.6 Å². The molecule has 3 N–H and O–H groups in total. The zero-order chi connectivity index (χ0) is 19.4. The van der Waals surface area contributed by atoms with Crippen LogP contribution in [0.5, 0.6) is 0 Å². The molecule has 0 bridgehead atoms. The van der Waals surface area contributed by atoms with E-state index >= 15 is 0 Å². The minimum atomic E-state index is -4.58. The van der Waals surface area contributed by atoms with E-state index in [1.54, 1.807) is 0 Å². The number of carbonyl (C=O) groups is 1. The average Bonchev–Trinajstić information content (AvgIpc) is 3.09. The highest BCUT2D eigenvalue weighted by molar-refractivity contribution is 5.92. The topological polar surface area (TPSA) is 100 Å². The predicted molar refractivity (Wildman–Crippen MR) is 88.9 cm³/mol. The molecule has 0 unspecified atom stereocenters. The molecule has 1 aliphatic heterocycles. The van der Waals surface area contributed by atoms with E-state index in [0.717, 1.165) is 25.0 Å². The number of nitrogens with one attached hydrogen (secondary N) is 2. The van der Waals surface area contributed by atoms with Crippen LogP contribution < -0.4 is 5.32 Å². The van der Waals surface area contributed by atoms with Gasteiger partial charge in [-0.05, 0) is 36.6 Å². The van der Waals surface area contributed by atoms with Crippen molar-refractivity contribution in [3.63, 3.8) is 0 Å². The van der Waals surface area contributed by atoms with E-state index in [4.69, 9.17) is 9.84 Å². The number of nitrogens with zero attached hydrogens (tertiary/aromatic N) is 2. The first-order chi connectivity index (χ1) is 12.8. The number of carbonyl (C=O) groups excluding carboxylic acids is 1. The lowest BCUT2D eigenvalue weighted by Gasteiger charge is -2.18. The SMILES string of the molecule is O=C(Cc1nc(C2CCOCC2)n[nH]1)Nc1cc(CO)cc(C(F)(F)F)c1. The van der Waals surface area contributed by atoms with E-state index in [-0.39, 0.29) is 23.6 Å². The molecule has 3 rings (SSSR count). The van der Waals surface area contributed by atoms with Crippen LogP contribution in [-0.4, -0.2) is 39.4 Å². The predicted octanol–water partition coefficient (Wildman–Crippen LogP) is 2.39. The highest BCUT2D eigenvalue weighted by atomic mass is 19.4. The number of aromatic nitrogens is 3. The van der Waals surface area contributed by atoms with Gasteiger partial charge in [-0.25, -0.2) is 4.98 Å². The molecule has 1 aliphatic rings. The number of anilines is 1. The molecule has 1 saturated heterocycles. The van der Waals surface area contributed by atoms with Gasteiger partial charge in [0.05, 0.1) is 18.6 Å². The average molecular weight is 384 g/mol.